The van der Waals surface area contributed by atoms with E-state index in [9.17, 15) is 0 Å². The summed E-state index contributed by atoms with van der Waals surface area (Å²) < 4.78 is 0. The van der Waals surface area contributed by atoms with Crippen molar-refractivity contribution in [1.82, 2.24) is 0 Å². The first-order valence-corrected chi connectivity index (χ1v) is 9.73. The lowest BCUT2D eigenvalue weighted by Gasteiger charge is -2.09. The van der Waals surface area contributed by atoms with Crippen LogP contribution >= 0.6 is 9.24 Å². The molecule has 0 aliphatic rings. The van der Waals surface area contributed by atoms with Crippen LogP contribution in [0.25, 0.3) is 0 Å². The first-order valence-electron chi connectivity index (χ1n) is 9.06. The zero-order chi connectivity index (χ0) is 14.2. The van der Waals surface area contributed by atoms with Crippen molar-refractivity contribution in [3.05, 3.63) is 0 Å². The molecule has 0 spiro atoms. The lowest BCUT2D eigenvalue weighted by atomic mass is 10.0. The van der Waals surface area contributed by atoms with Crippen molar-refractivity contribution in [2.24, 2.45) is 0 Å². The summed E-state index contributed by atoms with van der Waals surface area (Å²) >= 11 is 0. The summed E-state index contributed by atoms with van der Waals surface area (Å²) in [4.78, 5) is 0. The molecule has 1 heteroatoms. The third-order valence-corrected chi connectivity index (χ3v) is 4.75. The van der Waals surface area contributed by atoms with E-state index in [0.29, 0.717) is 0 Å². The normalized spacial score (nSPS) is 12.8. The fourth-order valence-corrected chi connectivity index (χ4v) is 3.33. The molecule has 0 saturated heterocycles. The van der Waals surface area contributed by atoms with E-state index < -0.39 is 0 Å². The van der Waals surface area contributed by atoms with Crippen molar-refractivity contribution in [2.45, 2.75) is 116 Å². The molecule has 0 aromatic heterocycles. The SMILES string of the molecule is CCCCCCCCCCCCCCC(P)CCC. The van der Waals surface area contributed by atoms with Gasteiger partial charge in [0.15, 0.2) is 0 Å². The molecule has 0 radical (unpaired) electrons. The minimum atomic E-state index is 0.883. The Morgan fingerprint density at radius 2 is 0.947 bits per heavy atom. The molecule has 0 bridgehead atoms. The quantitative estimate of drug-likeness (QED) is 0.222. The van der Waals surface area contributed by atoms with Crippen LogP contribution in [0.3, 0.4) is 0 Å². The first kappa shape index (κ1) is 19.4. The second-order valence-corrected chi connectivity index (χ2v) is 7.17. The topological polar surface area (TPSA) is 0 Å². The predicted octanol–water partition coefficient (Wildman–Crippen LogP) is 7.12. The third-order valence-electron chi connectivity index (χ3n) is 4.09. The van der Waals surface area contributed by atoms with Gasteiger partial charge in [-0.2, -0.15) is 0 Å². The highest BCUT2D eigenvalue weighted by atomic mass is 31.0. The molecule has 2 atom stereocenters. The van der Waals surface area contributed by atoms with Crippen molar-refractivity contribution >= 4 is 9.24 Å². The maximum absolute atomic E-state index is 3.02. The standard InChI is InChI=1S/C18H39P/c1-3-5-6-7-8-9-10-11-12-13-14-15-17-18(19)16-4-2/h18H,3-17,19H2,1-2H3. The van der Waals surface area contributed by atoms with E-state index in [4.69, 9.17) is 0 Å². The van der Waals surface area contributed by atoms with E-state index in [1.807, 2.05) is 0 Å². The highest BCUT2D eigenvalue weighted by Crippen LogP contribution is 2.17. The molecule has 0 aliphatic heterocycles. The van der Waals surface area contributed by atoms with E-state index in [0.717, 1.165) is 5.66 Å². The van der Waals surface area contributed by atoms with Crippen LogP contribution in [0, 0.1) is 0 Å². The van der Waals surface area contributed by atoms with E-state index >= 15 is 0 Å². The molecular weight excluding hydrogens is 247 g/mol. The number of hydrogen-bond donors (Lipinski definition) is 0. The van der Waals surface area contributed by atoms with Crippen LogP contribution in [0.2, 0.25) is 0 Å². The van der Waals surface area contributed by atoms with Crippen LogP contribution in [0.5, 0.6) is 0 Å². The van der Waals surface area contributed by atoms with Gasteiger partial charge in [0, 0.05) is 0 Å². The van der Waals surface area contributed by atoms with Gasteiger partial charge < -0.3 is 0 Å². The maximum Gasteiger partial charge on any atom is -0.0264 e. The molecule has 2 unspecified atom stereocenters. The van der Waals surface area contributed by atoms with Crippen LogP contribution in [0.1, 0.15) is 110 Å². The zero-order valence-electron chi connectivity index (χ0n) is 13.8. The predicted molar refractivity (Wildman–Crippen MR) is 94.1 cm³/mol. The van der Waals surface area contributed by atoms with Crippen molar-refractivity contribution < 1.29 is 0 Å². The van der Waals surface area contributed by atoms with E-state index in [1.165, 1.54) is 96.3 Å². The summed E-state index contributed by atoms with van der Waals surface area (Å²) in [6, 6.07) is 0. The maximum atomic E-state index is 3.02. The Balaban J connectivity index is 2.99. The Morgan fingerprint density at radius 1 is 0.526 bits per heavy atom. The van der Waals surface area contributed by atoms with Crippen LogP contribution < -0.4 is 0 Å². The molecule has 0 rings (SSSR count). The van der Waals surface area contributed by atoms with Gasteiger partial charge in [0.1, 0.15) is 0 Å². The van der Waals surface area contributed by atoms with Crippen LogP contribution in [0.15, 0.2) is 0 Å². The Kier molecular flexibility index (Phi) is 16.9. The van der Waals surface area contributed by atoms with Gasteiger partial charge in [0.05, 0.1) is 0 Å². The van der Waals surface area contributed by atoms with Gasteiger partial charge in [-0.3, -0.25) is 0 Å². The lowest BCUT2D eigenvalue weighted by molar-refractivity contribution is 0.534. The molecule has 0 amide bonds. The molecule has 0 saturated carbocycles. The van der Waals surface area contributed by atoms with Crippen LogP contribution in [-0.4, -0.2) is 5.66 Å². The van der Waals surface area contributed by atoms with Gasteiger partial charge >= 0.3 is 0 Å². The van der Waals surface area contributed by atoms with Crippen molar-refractivity contribution in [3.8, 4) is 0 Å². The summed E-state index contributed by atoms with van der Waals surface area (Å²) in [5, 5.41) is 0. The van der Waals surface area contributed by atoms with Gasteiger partial charge in [-0.15, -0.1) is 9.24 Å². The Labute approximate surface area is 125 Å². The summed E-state index contributed by atoms with van der Waals surface area (Å²) in [5.41, 5.74) is 0.883. The summed E-state index contributed by atoms with van der Waals surface area (Å²) in [6.07, 6.45) is 21.7. The smallest absolute Gasteiger partial charge is 0.0264 e. The number of hydrogen-bond acceptors (Lipinski definition) is 0. The van der Waals surface area contributed by atoms with Crippen molar-refractivity contribution in [2.75, 3.05) is 0 Å². The largest absolute Gasteiger partial charge is 0.134 e. The minimum Gasteiger partial charge on any atom is -0.134 e. The average molecular weight is 286 g/mol. The molecular formula is C18H39P. The summed E-state index contributed by atoms with van der Waals surface area (Å²) in [6.45, 7) is 4.58. The van der Waals surface area contributed by atoms with Crippen LogP contribution in [-0.2, 0) is 0 Å². The molecule has 116 valence electrons. The van der Waals surface area contributed by atoms with Gasteiger partial charge in [-0.25, -0.2) is 0 Å². The van der Waals surface area contributed by atoms with Gasteiger partial charge in [0.25, 0.3) is 0 Å². The second-order valence-electron chi connectivity index (χ2n) is 6.23. The highest BCUT2D eigenvalue weighted by Gasteiger charge is 2.00. The second kappa shape index (κ2) is 16.5. The van der Waals surface area contributed by atoms with E-state index in [-0.39, 0.29) is 0 Å². The molecule has 0 fully saturated rings. The molecule has 0 aromatic rings. The molecule has 0 N–H and O–H groups in total. The third kappa shape index (κ3) is 16.4. The monoisotopic (exact) mass is 286 g/mol. The summed E-state index contributed by atoms with van der Waals surface area (Å²) in [5.74, 6) is 0. The summed E-state index contributed by atoms with van der Waals surface area (Å²) in [7, 11) is 3.02. The van der Waals surface area contributed by atoms with Gasteiger partial charge in [-0.05, 0) is 18.5 Å². The first-order chi connectivity index (χ1) is 9.31. The molecule has 0 heterocycles. The molecule has 0 nitrogen and oxygen atoms in total. The van der Waals surface area contributed by atoms with Crippen molar-refractivity contribution in [3.63, 3.8) is 0 Å². The van der Waals surface area contributed by atoms with Gasteiger partial charge in [-0.1, -0.05) is 97.3 Å². The fourth-order valence-electron chi connectivity index (χ4n) is 2.76. The minimum absolute atomic E-state index is 0.883. The van der Waals surface area contributed by atoms with Gasteiger partial charge in [0.2, 0.25) is 0 Å². The lowest BCUT2D eigenvalue weighted by Crippen LogP contribution is -1.96. The fraction of sp³-hybridized carbons (Fsp3) is 1.00. The zero-order valence-corrected chi connectivity index (χ0v) is 14.9. The molecule has 19 heavy (non-hydrogen) atoms. The molecule has 0 aliphatic carbocycles. The van der Waals surface area contributed by atoms with E-state index in [2.05, 4.69) is 23.1 Å². The number of unbranched alkanes of at least 4 members (excludes halogenated alkanes) is 11. The Bertz CT molecular complexity index is 156. The average Bonchev–Trinajstić information content (AvgIpc) is 2.40. The van der Waals surface area contributed by atoms with Crippen molar-refractivity contribution in [1.29, 1.82) is 0 Å². The number of rotatable bonds is 15. The highest BCUT2D eigenvalue weighted by molar-refractivity contribution is 7.17. The van der Waals surface area contributed by atoms with E-state index in [1.54, 1.807) is 0 Å². The van der Waals surface area contributed by atoms with Crippen LogP contribution in [0.4, 0.5) is 0 Å². The Morgan fingerprint density at radius 3 is 1.37 bits per heavy atom. The molecule has 0 aromatic carbocycles. The Hall–Kier alpha value is 0.430.